The number of nitro groups is 1. The van der Waals surface area contributed by atoms with Crippen LogP contribution in [-0.4, -0.2) is 40.9 Å². The van der Waals surface area contributed by atoms with Gasteiger partial charge in [0.05, 0.1) is 17.1 Å². The summed E-state index contributed by atoms with van der Waals surface area (Å²) in [4.78, 5) is 35.6. The number of imide groups is 1. The average Bonchev–Trinajstić information content (AvgIpc) is 3.10. The lowest BCUT2D eigenvalue weighted by Gasteiger charge is -2.15. The number of hydrazone groups is 1. The van der Waals surface area contributed by atoms with Crippen LogP contribution in [0.5, 0.6) is 11.5 Å². The van der Waals surface area contributed by atoms with Gasteiger partial charge in [-0.1, -0.05) is 0 Å². The van der Waals surface area contributed by atoms with E-state index in [4.69, 9.17) is 9.47 Å². The van der Waals surface area contributed by atoms with Crippen LogP contribution in [0.4, 0.5) is 10.5 Å². The predicted molar refractivity (Wildman–Crippen MR) is 101 cm³/mol. The largest absolute Gasteiger partial charge is 0.454 e. The first-order valence-electron chi connectivity index (χ1n) is 8.85. The number of fused-ring (bicyclic) bond motifs is 2. The summed E-state index contributed by atoms with van der Waals surface area (Å²) in [7, 11) is 0. The third-order valence-corrected chi connectivity index (χ3v) is 4.50. The van der Waals surface area contributed by atoms with E-state index in [0.29, 0.717) is 40.4 Å². The van der Waals surface area contributed by atoms with Gasteiger partial charge in [0.15, 0.2) is 11.5 Å². The van der Waals surface area contributed by atoms with Crippen molar-refractivity contribution >= 4 is 23.3 Å². The minimum Gasteiger partial charge on any atom is -0.454 e. The van der Waals surface area contributed by atoms with Gasteiger partial charge in [0, 0.05) is 29.8 Å². The van der Waals surface area contributed by atoms with Gasteiger partial charge >= 0.3 is 6.03 Å². The number of ether oxygens (including phenoxy) is 2. The molecular formula is C19H16N4O6. The Bertz CT molecular complexity index is 1050. The maximum absolute atomic E-state index is 12.7. The van der Waals surface area contributed by atoms with Crippen molar-refractivity contribution in [2.24, 2.45) is 5.10 Å². The topological polar surface area (TPSA) is 123 Å². The SMILES string of the molecule is CCNC(=O)N1N=C(c2ccc([N+](=O)[O-])cc2)c2cc3c(cc2CC1=O)OCO3. The maximum Gasteiger partial charge on any atom is 0.345 e. The highest BCUT2D eigenvalue weighted by atomic mass is 16.7. The zero-order valence-corrected chi connectivity index (χ0v) is 15.4. The molecule has 29 heavy (non-hydrogen) atoms. The Morgan fingerprint density at radius 2 is 1.93 bits per heavy atom. The minimum atomic E-state index is -0.648. The van der Waals surface area contributed by atoms with Gasteiger partial charge in [-0.25, -0.2) is 4.79 Å². The molecule has 0 saturated carbocycles. The molecule has 0 fully saturated rings. The molecule has 4 rings (SSSR count). The maximum atomic E-state index is 12.7. The van der Waals surface area contributed by atoms with Crippen LogP contribution >= 0.6 is 0 Å². The van der Waals surface area contributed by atoms with Gasteiger partial charge in [0.1, 0.15) is 0 Å². The zero-order valence-electron chi connectivity index (χ0n) is 15.4. The highest BCUT2D eigenvalue weighted by Crippen LogP contribution is 2.37. The Balaban J connectivity index is 1.87. The number of non-ortho nitro benzene ring substituents is 1. The molecule has 2 heterocycles. The van der Waals surface area contributed by atoms with Crippen molar-refractivity contribution in [1.82, 2.24) is 10.3 Å². The van der Waals surface area contributed by atoms with Crippen molar-refractivity contribution in [3.63, 3.8) is 0 Å². The summed E-state index contributed by atoms with van der Waals surface area (Å²) in [5.74, 6) is 0.497. The van der Waals surface area contributed by atoms with E-state index in [1.165, 1.54) is 24.3 Å². The molecular weight excluding hydrogens is 380 g/mol. The fraction of sp³-hybridized carbons (Fsp3) is 0.211. The Kier molecular flexibility index (Phi) is 4.59. The molecule has 2 aliphatic heterocycles. The second-order valence-electron chi connectivity index (χ2n) is 6.33. The number of carbonyl (C=O) groups is 2. The van der Waals surface area contributed by atoms with Crippen molar-refractivity contribution in [2.75, 3.05) is 13.3 Å². The molecule has 0 atom stereocenters. The zero-order chi connectivity index (χ0) is 20.5. The lowest BCUT2D eigenvalue weighted by Crippen LogP contribution is -2.41. The second-order valence-corrected chi connectivity index (χ2v) is 6.33. The van der Waals surface area contributed by atoms with E-state index in [0.717, 1.165) is 5.01 Å². The number of nitro benzene ring substituents is 1. The highest BCUT2D eigenvalue weighted by Gasteiger charge is 2.30. The number of hydrogen-bond acceptors (Lipinski definition) is 7. The van der Waals surface area contributed by atoms with Crippen molar-refractivity contribution in [2.45, 2.75) is 13.3 Å². The number of urea groups is 1. The number of nitrogens with one attached hydrogen (secondary N) is 1. The fourth-order valence-electron chi connectivity index (χ4n) is 3.14. The molecule has 2 aromatic rings. The van der Waals surface area contributed by atoms with E-state index in [2.05, 4.69) is 10.4 Å². The van der Waals surface area contributed by atoms with Crippen LogP contribution in [0.3, 0.4) is 0 Å². The molecule has 10 heteroatoms. The minimum absolute atomic E-state index is 0.0664. The highest BCUT2D eigenvalue weighted by molar-refractivity contribution is 6.16. The van der Waals surface area contributed by atoms with E-state index >= 15 is 0 Å². The van der Waals surface area contributed by atoms with E-state index in [9.17, 15) is 19.7 Å². The van der Waals surface area contributed by atoms with Gasteiger partial charge in [0.25, 0.3) is 11.6 Å². The third-order valence-electron chi connectivity index (χ3n) is 4.50. The second kappa shape index (κ2) is 7.23. The van der Waals surface area contributed by atoms with Gasteiger partial charge in [-0.15, -0.1) is 5.01 Å². The van der Waals surface area contributed by atoms with Crippen LogP contribution in [0.1, 0.15) is 23.6 Å². The van der Waals surface area contributed by atoms with Gasteiger partial charge in [0.2, 0.25) is 6.79 Å². The molecule has 3 amide bonds. The van der Waals surface area contributed by atoms with Gasteiger partial charge in [-0.2, -0.15) is 5.10 Å². The lowest BCUT2D eigenvalue weighted by atomic mass is 9.95. The number of benzene rings is 2. The first-order chi connectivity index (χ1) is 14.0. The normalized spacial score (nSPS) is 14.7. The summed E-state index contributed by atoms with van der Waals surface area (Å²) in [6, 6.07) is 8.48. The molecule has 2 aliphatic rings. The Labute approximate surface area is 164 Å². The molecule has 0 radical (unpaired) electrons. The first-order valence-corrected chi connectivity index (χ1v) is 8.85. The van der Waals surface area contributed by atoms with Crippen LogP contribution in [0.15, 0.2) is 41.5 Å². The average molecular weight is 396 g/mol. The Hall–Kier alpha value is -3.95. The van der Waals surface area contributed by atoms with Crippen molar-refractivity contribution in [1.29, 1.82) is 0 Å². The van der Waals surface area contributed by atoms with Crippen molar-refractivity contribution in [3.05, 3.63) is 63.2 Å². The van der Waals surface area contributed by atoms with E-state index in [1.54, 1.807) is 19.1 Å². The molecule has 1 N–H and O–H groups in total. The quantitative estimate of drug-likeness (QED) is 0.627. The van der Waals surface area contributed by atoms with Crippen LogP contribution < -0.4 is 14.8 Å². The molecule has 0 aromatic heterocycles. The van der Waals surface area contributed by atoms with Crippen molar-refractivity contribution < 1.29 is 24.0 Å². The van der Waals surface area contributed by atoms with Gasteiger partial charge in [-0.3, -0.25) is 14.9 Å². The van der Waals surface area contributed by atoms with Crippen LogP contribution in [-0.2, 0) is 11.2 Å². The summed E-state index contributed by atoms with van der Waals surface area (Å²) >= 11 is 0. The molecule has 0 bridgehead atoms. The lowest BCUT2D eigenvalue weighted by molar-refractivity contribution is -0.384. The van der Waals surface area contributed by atoms with E-state index in [-0.39, 0.29) is 18.9 Å². The molecule has 148 valence electrons. The summed E-state index contributed by atoms with van der Waals surface area (Å²) in [5, 5.41) is 18.6. The third kappa shape index (κ3) is 3.35. The fourth-order valence-corrected chi connectivity index (χ4v) is 3.14. The monoisotopic (exact) mass is 396 g/mol. The van der Waals surface area contributed by atoms with E-state index in [1.807, 2.05) is 0 Å². The summed E-state index contributed by atoms with van der Waals surface area (Å²) in [5.41, 5.74) is 1.96. The predicted octanol–water partition coefficient (Wildman–Crippen LogP) is 2.19. The first kappa shape index (κ1) is 18.4. The van der Waals surface area contributed by atoms with Crippen molar-refractivity contribution in [3.8, 4) is 11.5 Å². The molecule has 0 saturated heterocycles. The Morgan fingerprint density at radius 3 is 2.59 bits per heavy atom. The van der Waals surface area contributed by atoms with E-state index < -0.39 is 16.9 Å². The van der Waals surface area contributed by atoms with Gasteiger partial charge in [-0.05, 0) is 36.8 Å². The summed E-state index contributed by atoms with van der Waals surface area (Å²) < 4.78 is 10.8. The number of nitrogens with zero attached hydrogens (tertiary/aromatic N) is 3. The smallest absolute Gasteiger partial charge is 0.345 e. The van der Waals surface area contributed by atoms with Crippen LogP contribution in [0.2, 0.25) is 0 Å². The molecule has 0 spiro atoms. The molecule has 2 aromatic carbocycles. The van der Waals surface area contributed by atoms with Crippen LogP contribution in [0, 0.1) is 10.1 Å². The number of rotatable bonds is 3. The number of hydrogen-bond donors (Lipinski definition) is 1. The number of carbonyl (C=O) groups excluding carboxylic acids is 2. The summed E-state index contributed by atoms with van der Waals surface area (Å²) in [6.07, 6.45) is -0.0664. The Morgan fingerprint density at radius 1 is 1.24 bits per heavy atom. The molecule has 10 nitrogen and oxygen atoms in total. The molecule has 0 aliphatic carbocycles. The molecule has 0 unspecified atom stereocenters. The van der Waals surface area contributed by atoms with Crippen LogP contribution in [0.25, 0.3) is 0 Å². The van der Waals surface area contributed by atoms with Gasteiger partial charge < -0.3 is 14.8 Å². The standard InChI is InChI=1S/C19H16N4O6/c1-2-20-19(25)22-17(24)8-12-7-15-16(29-10-28-15)9-14(12)18(21-22)11-3-5-13(6-4-11)23(26)27/h3-7,9H,2,8,10H2,1H3,(H,20,25). The number of amides is 3. The summed E-state index contributed by atoms with van der Waals surface area (Å²) in [6.45, 7) is 2.13.